The minimum atomic E-state index is -0.0404. The van der Waals surface area contributed by atoms with Crippen molar-refractivity contribution in [3.05, 3.63) is 0 Å². The number of ether oxygens (including phenoxy) is 1. The van der Waals surface area contributed by atoms with Gasteiger partial charge in [-0.05, 0) is 40.5 Å². The topological polar surface area (TPSA) is 57.7 Å². The van der Waals surface area contributed by atoms with Gasteiger partial charge in [-0.3, -0.25) is 4.99 Å². The van der Waals surface area contributed by atoms with E-state index in [0.29, 0.717) is 0 Å². The summed E-state index contributed by atoms with van der Waals surface area (Å²) < 4.78 is 5.75. The largest absolute Gasteiger partial charge is 0.373 e. The Morgan fingerprint density at radius 1 is 1.26 bits per heavy atom. The van der Waals surface area contributed by atoms with E-state index >= 15 is 0 Å². The van der Waals surface area contributed by atoms with Gasteiger partial charge in [0.05, 0.1) is 5.60 Å². The van der Waals surface area contributed by atoms with Gasteiger partial charge in [0.15, 0.2) is 5.96 Å². The number of aliphatic imine (C=N–C) groups is 1. The van der Waals surface area contributed by atoms with Crippen molar-refractivity contribution in [2.75, 3.05) is 33.3 Å². The minimum absolute atomic E-state index is 0.0404. The molecule has 3 N–H and O–H groups in total. The molecule has 0 amide bonds. The highest BCUT2D eigenvalue weighted by Crippen LogP contribution is 2.23. The molecule has 5 nitrogen and oxygen atoms in total. The molecule has 1 rings (SSSR count). The van der Waals surface area contributed by atoms with Crippen molar-refractivity contribution in [1.29, 1.82) is 0 Å². The number of guanidine groups is 1. The first kappa shape index (κ1) is 16.2. The molecular weight excluding hydrogens is 240 g/mol. The summed E-state index contributed by atoms with van der Waals surface area (Å²) in [7, 11) is 1.80. The predicted octanol–water partition coefficient (Wildman–Crippen LogP) is 1.11. The van der Waals surface area contributed by atoms with Crippen molar-refractivity contribution < 1.29 is 4.74 Å². The van der Waals surface area contributed by atoms with Crippen molar-refractivity contribution in [2.45, 2.75) is 51.7 Å². The minimum Gasteiger partial charge on any atom is -0.373 e. The fourth-order valence-electron chi connectivity index (χ4n) is 2.09. The van der Waals surface area contributed by atoms with Gasteiger partial charge in [-0.25, -0.2) is 0 Å². The maximum Gasteiger partial charge on any atom is 0.191 e. The van der Waals surface area contributed by atoms with E-state index in [4.69, 9.17) is 4.74 Å². The maximum atomic E-state index is 5.75. The quantitative estimate of drug-likeness (QED) is 0.398. The van der Waals surface area contributed by atoms with Gasteiger partial charge in [-0.1, -0.05) is 0 Å². The summed E-state index contributed by atoms with van der Waals surface area (Å²) in [5.74, 6) is 0.840. The number of hydrogen-bond donors (Lipinski definition) is 3. The molecule has 0 radical (unpaired) electrons. The van der Waals surface area contributed by atoms with E-state index in [0.717, 1.165) is 45.0 Å². The Kier molecular flexibility index (Phi) is 6.07. The van der Waals surface area contributed by atoms with Crippen LogP contribution in [0.25, 0.3) is 0 Å². The fourth-order valence-corrected chi connectivity index (χ4v) is 2.09. The molecule has 1 unspecified atom stereocenters. The Hall–Kier alpha value is -0.810. The van der Waals surface area contributed by atoms with Crippen LogP contribution < -0.4 is 16.0 Å². The zero-order chi connectivity index (χ0) is 14.4. The molecule has 1 aliphatic heterocycles. The van der Waals surface area contributed by atoms with E-state index < -0.39 is 0 Å². The van der Waals surface area contributed by atoms with Crippen LogP contribution in [0, 0.1) is 0 Å². The number of rotatable bonds is 5. The highest BCUT2D eigenvalue weighted by molar-refractivity contribution is 5.79. The standard InChI is InChI=1S/C14H30N4O/c1-13(2,3)18-9-8-16-12(15-5)17-11-14(4)7-6-10-19-14/h18H,6-11H2,1-5H3,(H2,15,16,17). The maximum absolute atomic E-state index is 5.75. The van der Waals surface area contributed by atoms with Gasteiger partial charge < -0.3 is 20.7 Å². The first-order chi connectivity index (χ1) is 8.85. The Morgan fingerprint density at radius 3 is 2.53 bits per heavy atom. The van der Waals surface area contributed by atoms with Gasteiger partial charge in [0.25, 0.3) is 0 Å². The lowest BCUT2D eigenvalue weighted by Crippen LogP contribution is -2.48. The van der Waals surface area contributed by atoms with Crippen molar-refractivity contribution in [3.8, 4) is 0 Å². The van der Waals surface area contributed by atoms with Crippen LogP contribution in [-0.4, -0.2) is 50.4 Å². The van der Waals surface area contributed by atoms with Crippen LogP contribution in [-0.2, 0) is 4.74 Å². The Morgan fingerprint density at radius 2 is 2.00 bits per heavy atom. The highest BCUT2D eigenvalue weighted by Gasteiger charge is 2.29. The SMILES string of the molecule is CN=C(NCCNC(C)(C)C)NCC1(C)CCCO1. The molecule has 0 spiro atoms. The number of hydrogen-bond acceptors (Lipinski definition) is 3. The van der Waals surface area contributed by atoms with Gasteiger partial charge in [0, 0.05) is 38.8 Å². The normalized spacial score (nSPS) is 24.6. The summed E-state index contributed by atoms with van der Waals surface area (Å²) in [6.07, 6.45) is 2.27. The van der Waals surface area contributed by atoms with Gasteiger partial charge in [0.2, 0.25) is 0 Å². The zero-order valence-electron chi connectivity index (χ0n) is 13.1. The summed E-state index contributed by atoms with van der Waals surface area (Å²) in [6, 6.07) is 0. The molecule has 0 aliphatic carbocycles. The predicted molar refractivity (Wildman–Crippen MR) is 80.7 cm³/mol. The van der Waals surface area contributed by atoms with E-state index in [9.17, 15) is 0 Å². The average Bonchev–Trinajstić information content (AvgIpc) is 2.74. The molecule has 1 aliphatic rings. The van der Waals surface area contributed by atoms with Gasteiger partial charge >= 0.3 is 0 Å². The third-order valence-electron chi connectivity index (χ3n) is 3.23. The summed E-state index contributed by atoms with van der Waals surface area (Å²) in [5, 5.41) is 10.1. The molecule has 5 heteroatoms. The van der Waals surface area contributed by atoms with Crippen molar-refractivity contribution in [2.24, 2.45) is 4.99 Å². The molecule has 0 aromatic rings. The molecule has 1 fully saturated rings. The highest BCUT2D eigenvalue weighted by atomic mass is 16.5. The third kappa shape index (κ3) is 6.78. The van der Waals surface area contributed by atoms with Crippen LogP contribution in [0.1, 0.15) is 40.5 Å². The van der Waals surface area contributed by atoms with Gasteiger partial charge in [-0.15, -0.1) is 0 Å². The molecule has 0 saturated carbocycles. The van der Waals surface area contributed by atoms with Crippen molar-refractivity contribution >= 4 is 5.96 Å². The Balaban J connectivity index is 2.19. The van der Waals surface area contributed by atoms with Crippen LogP contribution in [0.5, 0.6) is 0 Å². The summed E-state index contributed by atoms with van der Waals surface area (Å²) in [4.78, 5) is 4.23. The first-order valence-electron chi connectivity index (χ1n) is 7.18. The molecule has 0 bridgehead atoms. The van der Waals surface area contributed by atoms with Gasteiger partial charge in [-0.2, -0.15) is 0 Å². The first-order valence-corrected chi connectivity index (χ1v) is 7.18. The molecular formula is C14H30N4O. The molecule has 1 saturated heterocycles. The van der Waals surface area contributed by atoms with Crippen LogP contribution in [0.15, 0.2) is 4.99 Å². The molecule has 112 valence electrons. The average molecular weight is 270 g/mol. The van der Waals surface area contributed by atoms with Crippen LogP contribution in [0.4, 0.5) is 0 Å². The fraction of sp³-hybridized carbons (Fsp3) is 0.929. The molecule has 1 atom stereocenters. The molecule has 19 heavy (non-hydrogen) atoms. The van der Waals surface area contributed by atoms with E-state index in [1.54, 1.807) is 7.05 Å². The third-order valence-corrected chi connectivity index (χ3v) is 3.23. The lowest BCUT2D eigenvalue weighted by atomic mass is 10.0. The van der Waals surface area contributed by atoms with E-state index in [1.807, 2.05) is 0 Å². The lowest BCUT2D eigenvalue weighted by molar-refractivity contribution is 0.0243. The second kappa shape index (κ2) is 7.10. The second-order valence-electron chi connectivity index (χ2n) is 6.43. The molecule has 0 aromatic heterocycles. The van der Waals surface area contributed by atoms with E-state index in [-0.39, 0.29) is 11.1 Å². The smallest absolute Gasteiger partial charge is 0.191 e. The Labute approximate surface area is 117 Å². The number of nitrogens with zero attached hydrogens (tertiary/aromatic N) is 1. The molecule has 1 heterocycles. The van der Waals surface area contributed by atoms with E-state index in [2.05, 4.69) is 48.6 Å². The van der Waals surface area contributed by atoms with Crippen LogP contribution in [0.2, 0.25) is 0 Å². The van der Waals surface area contributed by atoms with Crippen molar-refractivity contribution in [1.82, 2.24) is 16.0 Å². The van der Waals surface area contributed by atoms with Crippen LogP contribution >= 0.6 is 0 Å². The second-order valence-corrected chi connectivity index (χ2v) is 6.43. The molecule has 0 aromatic carbocycles. The summed E-state index contributed by atoms with van der Waals surface area (Å²) in [6.45, 7) is 12.1. The lowest BCUT2D eigenvalue weighted by Gasteiger charge is -2.25. The van der Waals surface area contributed by atoms with Crippen LogP contribution in [0.3, 0.4) is 0 Å². The number of nitrogens with one attached hydrogen (secondary N) is 3. The summed E-state index contributed by atoms with van der Waals surface area (Å²) >= 11 is 0. The van der Waals surface area contributed by atoms with Gasteiger partial charge in [0.1, 0.15) is 0 Å². The zero-order valence-corrected chi connectivity index (χ0v) is 13.1. The van der Waals surface area contributed by atoms with E-state index in [1.165, 1.54) is 0 Å². The van der Waals surface area contributed by atoms with Crippen molar-refractivity contribution in [3.63, 3.8) is 0 Å². The monoisotopic (exact) mass is 270 g/mol. The Bertz CT molecular complexity index is 290. The summed E-state index contributed by atoms with van der Waals surface area (Å²) in [5.41, 5.74) is 0.116.